The summed E-state index contributed by atoms with van der Waals surface area (Å²) in [5, 5.41) is 0. The van der Waals surface area contributed by atoms with Crippen molar-refractivity contribution < 1.29 is 37.6 Å². The smallest absolute Gasteiger partial charge is 0.462 e. The Kier molecular flexibility index (Phi) is 40.7. The second kappa shape index (κ2) is 42.8. The van der Waals surface area contributed by atoms with Gasteiger partial charge in [0.15, 0.2) is 6.10 Å². The lowest BCUT2D eigenvalue weighted by Crippen LogP contribution is -2.29. The maximum atomic E-state index is 12.6. The summed E-state index contributed by atoms with van der Waals surface area (Å²) in [4.78, 5) is 34.9. The number of carbonyl (C=O) groups is 2. The van der Waals surface area contributed by atoms with Crippen molar-refractivity contribution >= 4 is 19.8 Å². The molecule has 326 valence electrons. The zero-order valence-corrected chi connectivity index (χ0v) is 36.7. The molecule has 0 aromatic rings. The van der Waals surface area contributed by atoms with E-state index in [4.69, 9.17) is 24.3 Å². The van der Waals surface area contributed by atoms with E-state index in [1.165, 1.54) is 64.2 Å². The standard InChI is InChI=1S/C47H80NO8P/c1-3-5-7-9-11-13-15-17-19-21-22-24-26-28-30-32-34-36-38-40-47(50)56-45(44-55-57(51,52)54-42-41-48)43-53-46(49)39-37-35-33-31-29-27-25-23-20-18-16-14-12-10-8-6-4-2/h11,13,17-20,22,24-25,27-28,30-31,33,45H,3-10,12,14-16,21,23,26,29,32,34-44,48H2,1-2H3,(H,51,52). The Morgan fingerprint density at radius 2 is 0.930 bits per heavy atom. The Bertz CT molecular complexity index is 1210. The van der Waals surface area contributed by atoms with Crippen molar-refractivity contribution in [2.75, 3.05) is 26.4 Å². The highest BCUT2D eigenvalue weighted by molar-refractivity contribution is 7.47. The van der Waals surface area contributed by atoms with Crippen LogP contribution in [0.1, 0.15) is 168 Å². The summed E-state index contributed by atoms with van der Waals surface area (Å²) in [6, 6.07) is 0. The van der Waals surface area contributed by atoms with Crippen molar-refractivity contribution in [2.24, 2.45) is 5.73 Å². The summed E-state index contributed by atoms with van der Waals surface area (Å²) in [6.45, 7) is 3.58. The van der Waals surface area contributed by atoms with Gasteiger partial charge < -0.3 is 20.1 Å². The number of carbonyl (C=O) groups excluding carboxylic acids is 2. The molecule has 2 unspecified atom stereocenters. The van der Waals surface area contributed by atoms with Crippen molar-refractivity contribution in [3.05, 3.63) is 85.1 Å². The molecule has 0 aliphatic carbocycles. The third-order valence-corrected chi connectivity index (χ3v) is 9.74. The molecule has 2 atom stereocenters. The Balaban J connectivity index is 4.32. The summed E-state index contributed by atoms with van der Waals surface area (Å²) in [6.07, 6.45) is 53.3. The van der Waals surface area contributed by atoms with Gasteiger partial charge in [0.1, 0.15) is 6.61 Å². The Hall–Kier alpha value is -2.81. The van der Waals surface area contributed by atoms with Gasteiger partial charge in [-0.05, 0) is 89.9 Å². The number of phosphoric ester groups is 1. The van der Waals surface area contributed by atoms with E-state index in [0.717, 1.165) is 64.2 Å². The van der Waals surface area contributed by atoms with E-state index in [9.17, 15) is 19.0 Å². The lowest BCUT2D eigenvalue weighted by atomic mass is 10.1. The second-order valence-electron chi connectivity index (χ2n) is 14.2. The van der Waals surface area contributed by atoms with E-state index in [-0.39, 0.29) is 32.6 Å². The van der Waals surface area contributed by atoms with E-state index >= 15 is 0 Å². The van der Waals surface area contributed by atoms with Crippen LogP contribution in [0.15, 0.2) is 85.1 Å². The van der Waals surface area contributed by atoms with Crippen LogP contribution in [0.25, 0.3) is 0 Å². The molecule has 0 saturated carbocycles. The number of rotatable bonds is 40. The normalized spacial score (nSPS) is 14.1. The third kappa shape index (κ3) is 42.6. The molecular formula is C47H80NO8P. The molecular weight excluding hydrogens is 737 g/mol. The van der Waals surface area contributed by atoms with Crippen LogP contribution in [0.2, 0.25) is 0 Å². The van der Waals surface area contributed by atoms with Crippen LogP contribution in [0.4, 0.5) is 0 Å². The maximum Gasteiger partial charge on any atom is 0.472 e. The van der Waals surface area contributed by atoms with Crippen molar-refractivity contribution in [1.82, 2.24) is 0 Å². The molecule has 57 heavy (non-hydrogen) atoms. The van der Waals surface area contributed by atoms with Crippen LogP contribution >= 0.6 is 7.82 Å². The fourth-order valence-corrected chi connectivity index (χ4v) is 6.22. The SMILES string of the molecule is CCCCCC=CCC=CCC=CCC=CCCCCCC(=O)OC(COC(=O)CCCC=CCC=CCC=CCCCCCCCC)COP(=O)(O)OCCN. The maximum absolute atomic E-state index is 12.6. The van der Waals surface area contributed by atoms with Crippen molar-refractivity contribution in [1.29, 1.82) is 0 Å². The number of hydrogen-bond donors (Lipinski definition) is 2. The molecule has 0 aliphatic rings. The minimum atomic E-state index is -4.40. The van der Waals surface area contributed by atoms with Crippen LogP contribution in [0.5, 0.6) is 0 Å². The van der Waals surface area contributed by atoms with Crippen LogP contribution < -0.4 is 5.73 Å². The van der Waals surface area contributed by atoms with Gasteiger partial charge >= 0.3 is 19.8 Å². The van der Waals surface area contributed by atoms with Gasteiger partial charge in [0.25, 0.3) is 0 Å². The molecule has 0 bridgehead atoms. The molecule has 0 spiro atoms. The molecule has 0 fully saturated rings. The summed E-state index contributed by atoms with van der Waals surface area (Å²) < 4.78 is 32.7. The number of esters is 2. The largest absolute Gasteiger partial charge is 0.472 e. The average molecular weight is 818 g/mol. The van der Waals surface area contributed by atoms with E-state index < -0.39 is 32.5 Å². The number of hydrogen-bond acceptors (Lipinski definition) is 8. The van der Waals surface area contributed by atoms with E-state index in [0.29, 0.717) is 12.8 Å². The Labute approximate surface area is 347 Å². The average Bonchev–Trinajstić information content (AvgIpc) is 3.20. The number of phosphoric acid groups is 1. The summed E-state index contributed by atoms with van der Waals surface area (Å²) in [5.41, 5.74) is 5.34. The van der Waals surface area contributed by atoms with Gasteiger partial charge in [-0.3, -0.25) is 18.6 Å². The molecule has 0 radical (unpaired) electrons. The molecule has 10 heteroatoms. The first-order valence-corrected chi connectivity index (χ1v) is 23.6. The topological polar surface area (TPSA) is 134 Å². The van der Waals surface area contributed by atoms with Crippen LogP contribution in [-0.4, -0.2) is 49.3 Å². The zero-order chi connectivity index (χ0) is 41.8. The first kappa shape index (κ1) is 54.2. The second-order valence-corrected chi connectivity index (χ2v) is 15.7. The molecule has 0 saturated heterocycles. The third-order valence-electron chi connectivity index (χ3n) is 8.75. The number of unbranched alkanes of at least 4 members (excludes halogenated alkanes) is 13. The Morgan fingerprint density at radius 3 is 1.44 bits per heavy atom. The highest BCUT2D eigenvalue weighted by Gasteiger charge is 2.25. The highest BCUT2D eigenvalue weighted by Crippen LogP contribution is 2.43. The van der Waals surface area contributed by atoms with Gasteiger partial charge in [-0.15, -0.1) is 0 Å². The lowest BCUT2D eigenvalue weighted by molar-refractivity contribution is -0.161. The molecule has 0 rings (SSSR count). The first-order valence-electron chi connectivity index (χ1n) is 22.1. The molecule has 3 N–H and O–H groups in total. The van der Waals surface area contributed by atoms with Gasteiger partial charge in [-0.1, -0.05) is 150 Å². The fourth-order valence-electron chi connectivity index (χ4n) is 5.46. The summed E-state index contributed by atoms with van der Waals surface area (Å²) in [7, 11) is -4.40. The summed E-state index contributed by atoms with van der Waals surface area (Å²) >= 11 is 0. The number of allylic oxidation sites excluding steroid dienone is 14. The van der Waals surface area contributed by atoms with E-state index in [1.807, 2.05) is 0 Å². The predicted octanol–water partition coefficient (Wildman–Crippen LogP) is 12.8. The Morgan fingerprint density at radius 1 is 0.526 bits per heavy atom. The predicted molar refractivity (Wildman–Crippen MR) is 238 cm³/mol. The highest BCUT2D eigenvalue weighted by atomic mass is 31.2. The molecule has 0 aliphatic heterocycles. The van der Waals surface area contributed by atoms with Crippen LogP contribution in [0, 0.1) is 0 Å². The number of nitrogens with two attached hydrogens (primary N) is 1. The van der Waals surface area contributed by atoms with Gasteiger partial charge in [-0.25, -0.2) is 4.57 Å². The molecule has 0 amide bonds. The van der Waals surface area contributed by atoms with Crippen molar-refractivity contribution in [3.63, 3.8) is 0 Å². The lowest BCUT2D eigenvalue weighted by Gasteiger charge is -2.19. The van der Waals surface area contributed by atoms with E-state index in [2.05, 4.69) is 98.9 Å². The molecule has 0 heterocycles. The monoisotopic (exact) mass is 818 g/mol. The fraction of sp³-hybridized carbons (Fsp3) is 0.660. The minimum absolute atomic E-state index is 0.0369. The zero-order valence-electron chi connectivity index (χ0n) is 35.8. The number of ether oxygens (including phenoxy) is 2. The summed E-state index contributed by atoms with van der Waals surface area (Å²) in [5.74, 6) is -0.933. The first-order chi connectivity index (χ1) is 27.8. The minimum Gasteiger partial charge on any atom is -0.462 e. The van der Waals surface area contributed by atoms with Crippen LogP contribution in [-0.2, 0) is 32.7 Å². The molecule has 9 nitrogen and oxygen atoms in total. The van der Waals surface area contributed by atoms with Gasteiger partial charge in [-0.2, -0.15) is 0 Å². The van der Waals surface area contributed by atoms with Crippen molar-refractivity contribution in [2.45, 2.75) is 174 Å². The van der Waals surface area contributed by atoms with Crippen molar-refractivity contribution in [3.8, 4) is 0 Å². The quantitative estimate of drug-likeness (QED) is 0.0268. The van der Waals surface area contributed by atoms with Gasteiger partial charge in [0, 0.05) is 19.4 Å². The van der Waals surface area contributed by atoms with Gasteiger partial charge in [0.05, 0.1) is 13.2 Å². The van der Waals surface area contributed by atoms with E-state index in [1.54, 1.807) is 0 Å². The molecule has 0 aromatic carbocycles. The molecule has 0 aromatic heterocycles. The van der Waals surface area contributed by atoms with Crippen LogP contribution in [0.3, 0.4) is 0 Å². The van der Waals surface area contributed by atoms with Gasteiger partial charge in [0.2, 0.25) is 0 Å².